The highest BCUT2D eigenvalue weighted by Gasteiger charge is 2.20. The number of halogens is 1. The van der Waals surface area contributed by atoms with Crippen LogP contribution in [0.3, 0.4) is 0 Å². The summed E-state index contributed by atoms with van der Waals surface area (Å²) in [5.41, 5.74) is 2.27. The van der Waals surface area contributed by atoms with Crippen LogP contribution in [0.2, 0.25) is 0 Å². The van der Waals surface area contributed by atoms with E-state index in [2.05, 4.69) is 55.3 Å². The fourth-order valence-electron chi connectivity index (χ4n) is 2.85. The summed E-state index contributed by atoms with van der Waals surface area (Å²) < 4.78 is 6.97. The zero-order valence-corrected chi connectivity index (χ0v) is 15.0. The minimum absolute atomic E-state index is 0.605. The van der Waals surface area contributed by atoms with Gasteiger partial charge in [0.15, 0.2) is 0 Å². The molecule has 23 heavy (non-hydrogen) atoms. The summed E-state index contributed by atoms with van der Waals surface area (Å²) >= 11 is 3.63. The summed E-state index contributed by atoms with van der Waals surface area (Å²) in [5, 5.41) is 8.08. The first-order chi connectivity index (χ1) is 11.2. The summed E-state index contributed by atoms with van der Waals surface area (Å²) in [5.74, 6) is 1.24. The Balaban J connectivity index is 1.43. The van der Waals surface area contributed by atoms with Crippen molar-refractivity contribution in [2.24, 2.45) is 5.92 Å². The highest BCUT2D eigenvalue weighted by Crippen LogP contribution is 2.23. The Morgan fingerprint density at radius 3 is 2.61 bits per heavy atom. The third kappa shape index (κ3) is 4.75. The van der Waals surface area contributed by atoms with Crippen molar-refractivity contribution in [3.05, 3.63) is 52.1 Å². The normalized spacial score (nSPS) is 16.4. The second-order valence-corrected chi connectivity index (χ2v) is 6.99. The minimum atomic E-state index is 0.605. The van der Waals surface area contributed by atoms with E-state index >= 15 is 0 Å². The van der Waals surface area contributed by atoms with Gasteiger partial charge in [-0.2, -0.15) is 5.10 Å². The summed E-state index contributed by atoms with van der Waals surface area (Å²) in [7, 11) is 0. The van der Waals surface area contributed by atoms with Crippen LogP contribution >= 0.6 is 15.9 Å². The minimum Gasteiger partial charge on any atom is -0.476 e. The molecule has 0 aliphatic carbocycles. The number of ether oxygens (including phenoxy) is 1. The van der Waals surface area contributed by atoms with Crippen LogP contribution in [-0.4, -0.2) is 34.8 Å². The molecule has 1 fully saturated rings. The summed E-state index contributed by atoms with van der Waals surface area (Å²) in [6.07, 6.45) is 2.34. The van der Waals surface area contributed by atoms with E-state index in [4.69, 9.17) is 4.74 Å². The maximum atomic E-state index is 5.77. The van der Waals surface area contributed by atoms with Gasteiger partial charge in [-0.3, -0.25) is 4.90 Å². The molecule has 0 amide bonds. The maximum absolute atomic E-state index is 5.77. The Morgan fingerprint density at radius 2 is 1.91 bits per heavy atom. The zero-order valence-electron chi connectivity index (χ0n) is 13.4. The number of aromatic nitrogens is 2. The van der Waals surface area contributed by atoms with Crippen molar-refractivity contribution in [2.45, 2.75) is 26.3 Å². The predicted octanol–water partition coefficient (Wildman–Crippen LogP) is 3.84. The summed E-state index contributed by atoms with van der Waals surface area (Å²) in [6.45, 7) is 5.92. The third-order valence-electron chi connectivity index (χ3n) is 4.30. The second-order valence-electron chi connectivity index (χ2n) is 6.13. The molecule has 0 bridgehead atoms. The molecule has 1 aliphatic rings. The molecule has 4 nitrogen and oxygen atoms in total. The van der Waals surface area contributed by atoms with Gasteiger partial charge in [-0.15, -0.1) is 5.10 Å². The average molecular weight is 376 g/mol. The number of rotatable bonds is 5. The van der Waals surface area contributed by atoms with Crippen molar-refractivity contribution < 1.29 is 4.74 Å². The fraction of sp³-hybridized carbons (Fsp3) is 0.444. The summed E-state index contributed by atoms with van der Waals surface area (Å²) in [6, 6.07) is 12.3. The van der Waals surface area contributed by atoms with E-state index in [1.54, 1.807) is 0 Å². The molecule has 0 saturated carbocycles. The largest absolute Gasteiger partial charge is 0.476 e. The van der Waals surface area contributed by atoms with Crippen molar-refractivity contribution in [3.8, 4) is 5.88 Å². The maximum Gasteiger partial charge on any atom is 0.233 e. The topological polar surface area (TPSA) is 38.2 Å². The van der Waals surface area contributed by atoms with Crippen molar-refractivity contribution in [1.82, 2.24) is 15.1 Å². The number of hydrogen-bond donors (Lipinski definition) is 0. The lowest BCUT2D eigenvalue weighted by Crippen LogP contribution is -2.35. The van der Waals surface area contributed by atoms with Crippen molar-refractivity contribution in [3.63, 3.8) is 0 Å². The van der Waals surface area contributed by atoms with E-state index < -0.39 is 0 Å². The Morgan fingerprint density at radius 1 is 1.13 bits per heavy atom. The van der Waals surface area contributed by atoms with Gasteiger partial charge in [0.05, 0.1) is 12.3 Å². The monoisotopic (exact) mass is 375 g/mol. The van der Waals surface area contributed by atoms with Gasteiger partial charge in [0.2, 0.25) is 5.88 Å². The standard InChI is InChI=1S/C18H22BrN3O/c1-14-6-7-18(21-20-14)23-13-15-8-10-22(11-9-15)12-16-4-2-3-5-17(16)19/h2-7,15H,8-13H2,1H3. The molecule has 0 unspecified atom stereocenters. The molecule has 3 rings (SSSR count). The van der Waals surface area contributed by atoms with Gasteiger partial charge >= 0.3 is 0 Å². The zero-order chi connectivity index (χ0) is 16.1. The van der Waals surface area contributed by atoms with E-state index in [9.17, 15) is 0 Å². The number of nitrogens with zero attached hydrogens (tertiary/aromatic N) is 3. The lowest BCUT2D eigenvalue weighted by molar-refractivity contribution is 0.134. The van der Waals surface area contributed by atoms with Gasteiger partial charge in [0.25, 0.3) is 0 Å². The van der Waals surface area contributed by atoms with Crippen LogP contribution < -0.4 is 4.74 Å². The number of hydrogen-bond acceptors (Lipinski definition) is 4. The van der Waals surface area contributed by atoms with Crippen LogP contribution in [0.5, 0.6) is 5.88 Å². The molecule has 2 heterocycles. The highest BCUT2D eigenvalue weighted by molar-refractivity contribution is 9.10. The molecule has 0 N–H and O–H groups in total. The molecule has 2 aromatic rings. The van der Waals surface area contributed by atoms with E-state index in [1.807, 2.05) is 19.1 Å². The molecule has 1 saturated heterocycles. The van der Waals surface area contributed by atoms with E-state index in [0.29, 0.717) is 11.8 Å². The van der Waals surface area contributed by atoms with Crippen molar-refractivity contribution in [2.75, 3.05) is 19.7 Å². The third-order valence-corrected chi connectivity index (χ3v) is 5.07. The summed E-state index contributed by atoms with van der Waals surface area (Å²) in [4.78, 5) is 2.52. The van der Waals surface area contributed by atoms with Crippen LogP contribution in [-0.2, 0) is 6.54 Å². The molecule has 0 spiro atoms. The molecular weight excluding hydrogens is 354 g/mol. The quantitative estimate of drug-likeness (QED) is 0.795. The fourth-order valence-corrected chi connectivity index (χ4v) is 3.26. The Kier molecular flexibility index (Phi) is 5.62. The number of piperidine rings is 1. The highest BCUT2D eigenvalue weighted by atomic mass is 79.9. The first kappa shape index (κ1) is 16.4. The first-order valence-electron chi connectivity index (χ1n) is 8.09. The Labute approximate surface area is 146 Å². The molecule has 122 valence electrons. The first-order valence-corrected chi connectivity index (χ1v) is 8.89. The van der Waals surface area contributed by atoms with E-state index in [-0.39, 0.29) is 0 Å². The SMILES string of the molecule is Cc1ccc(OCC2CCN(Cc3ccccc3Br)CC2)nn1. The molecule has 1 aliphatic heterocycles. The van der Waals surface area contributed by atoms with Crippen LogP contribution in [0, 0.1) is 12.8 Å². The van der Waals surface area contributed by atoms with Gasteiger partial charge in [-0.05, 0) is 56.5 Å². The van der Waals surface area contributed by atoms with Crippen LogP contribution in [0.25, 0.3) is 0 Å². The molecule has 5 heteroatoms. The molecular formula is C18H22BrN3O. The predicted molar refractivity (Wildman–Crippen MR) is 94.4 cm³/mol. The van der Waals surface area contributed by atoms with Crippen LogP contribution in [0.1, 0.15) is 24.1 Å². The Hall–Kier alpha value is -1.46. The Bertz CT molecular complexity index is 624. The van der Waals surface area contributed by atoms with Crippen molar-refractivity contribution >= 4 is 15.9 Å². The van der Waals surface area contributed by atoms with Gasteiger partial charge in [0, 0.05) is 17.1 Å². The van der Waals surface area contributed by atoms with E-state index in [0.717, 1.165) is 31.9 Å². The molecule has 0 atom stereocenters. The number of aryl methyl sites for hydroxylation is 1. The lowest BCUT2D eigenvalue weighted by Gasteiger charge is -2.31. The smallest absolute Gasteiger partial charge is 0.233 e. The molecule has 0 radical (unpaired) electrons. The van der Waals surface area contributed by atoms with Crippen LogP contribution in [0.4, 0.5) is 0 Å². The van der Waals surface area contributed by atoms with Crippen LogP contribution in [0.15, 0.2) is 40.9 Å². The van der Waals surface area contributed by atoms with Gasteiger partial charge < -0.3 is 4.74 Å². The molecule has 1 aromatic carbocycles. The van der Waals surface area contributed by atoms with Gasteiger partial charge in [0.1, 0.15) is 0 Å². The number of benzene rings is 1. The van der Waals surface area contributed by atoms with E-state index in [1.165, 1.54) is 22.9 Å². The van der Waals surface area contributed by atoms with Gasteiger partial charge in [-0.1, -0.05) is 34.1 Å². The van der Waals surface area contributed by atoms with Crippen molar-refractivity contribution in [1.29, 1.82) is 0 Å². The van der Waals surface area contributed by atoms with Gasteiger partial charge in [-0.25, -0.2) is 0 Å². The average Bonchev–Trinajstić information content (AvgIpc) is 2.58. The molecule has 1 aromatic heterocycles. The number of likely N-dealkylation sites (tertiary alicyclic amines) is 1. The second kappa shape index (κ2) is 7.88. The lowest BCUT2D eigenvalue weighted by atomic mass is 9.97.